The maximum Gasteiger partial charge on any atom is 0.384 e. The maximum atomic E-state index is 11.6. The van der Waals surface area contributed by atoms with Crippen LogP contribution in [-0.4, -0.2) is 50.1 Å². The van der Waals surface area contributed by atoms with E-state index in [-0.39, 0.29) is 25.0 Å². The number of rotatable bonds is 6. The van der Waals surface area contributed by atoms with Crippen LogP contribution in [0.5, 0.6) is 0 Å². The highest BCUT2D eigenvalue weighted by Gasteiger charge is 2.31. The summed E-state index contributed by atoms with van der Waals surface area (Å²) in [5, 5.41) is 0. The Balaban J connectivity index is 2.13. The van der Waals surface area contributed by atoms with Gasteiger partial charge in [0.25, 0.3) is 0 Å². The van der Waals surface area contributed by atoms with Crippen LogP contribution in [0.15, 0.2) is 30.3 Å². The number of hydrogen-bond acceptors (Lipinski definition) is 5. The van der Waals surface area contributed by atoms with Crippen LogP contribution in [0.25, 0.3) is 0 Å². The first-order valence-electron chi connectivity index (χ1n) is 8.75. The average Bonchev–Trinajstić information content (AvgIpc) is 2.65. The molecular weight excluding hydrogens is 318 g/mol. The molecular formula is C20H27NO4. The summed E-state index contributed by atoms with van der Waals surface area (Å²) in [5.41, 5.74) is 1.24. The minimum Gasteiger partial charge on any atom is -0.456 e. The molecule has 0 bridgehead atoms. The van der Waals surface area contributed by atoms with E-state index in [0.717, 1.165) is 19.4 Å². The molecule has 2 rings (SSSR count). The van der Waals surface area contributed by atoms with Crippen LogP contribution in [0, 0.1) is 11.8 Å². The Labute approximate surface area is 150 Å². The second-order valence-corrected chi connectivity index (χ2v) is 6.05. The molecule has 5 nitrogen and oxygen atoms in total. The number of carbonyl (C=O) groups is 1. The Morgan fingerprint density at radius 1 is 1.36 bits per heavy atom. The van der Waals surface area contributed by atoms with Crippen molar-refractivity contribution in [3.8, 4) is 11.8 Å². The monoisotopic (exact) mass is 345 g/mol. The highest BCUT2D eigenvalue weighted by atomic mass is 16.7. The molecule has 0 aliphatic carbocycles. The van der Waals surface area contributed by atoms with Crippen LogP contribution in [0.3, 0.4) is 0 Å². The SMILES string of the molecule is CCOC(=O)C#CC1CC(OCOC)CCN1C(C)c1ccccc1. The number of likely N-dealkylation sites (tertiary alicyclic amines) is 1. The van der Waals surface area contributed by atoms with E-state index in [1.807, 2.05) is 18.2 Å². The molecule has 0 radical (unpaired) electrons. The van der Waals surface area contributed by atoms with Crippen molar-refractivity contribution in [3.05, 3.63) is 35.9 Å². The smallest absolute Gasteiger partial charge is 0.384 e. The van der Waals surface area contributed by atoms with Crippen LogP contribution in [-0.2, 0) is 19.0 Å². The first-order valence-corrected chi connectivity index (χ1v) is 8.75. The van der Waals surface area contributed by atoms with Gasteiger partial charge < -0.3 is 14.2 Å². The normalized spacial score (nSPS) is 21.9. The van der Waals surface area contributed by atoms with Gasteiger partial charge in [0.05, 0.1) is 18.8 Å². The van der Waals surface area contributed by atoms with E-state index >= 15 is 0 Å². The zero-order chi connectivity index (χ0) is 18.1. The summed E-state index contributed by atoms with van der Waals surface area (Å²) in [6.07, 6.45) is 1.74. The van der Waals surface area contributed by atoms with Gasteiger partial charge in [0.2, 0.25) is 0 Å². The number of piperidine rings is 1. The van der Waals surface area contributed by atoms with Gasteiger partial charge in [-0.15, -0.1) is 0 Å². The summed E-state index contributed by atoms with van der Waals surface area (Å²) in [4.78, 5) is 13.9. The fraction of sp³-hybridized carbons (Fsp3) is 0.550. The average molecular weight is 345 g/mol. The number of esters is 1. The Bertz CT molecular complexity index is 593. The van der Waals surface area contributed by atoms with Crippen molar-refractivity contribution in [1.82, 2.24) is 4.90 Å². The zero-order valence-corrected chi connectivity index (χ0v) is 15.2. The molecule has 1 saturated heterocycles. The molecule has 25 heavy (non-hydrogen) atoms. The summed E-state index contributed by atoms with van der Waals surface area (Å²) < 4.78 is 15.6. The van der Waals surface area contributed by atoms with Gasteiger partial charge in [-0.05, 0) is 25.8 Å². The lowest BCUT2D eigenvalue weighted by Crippen LogP contribution is -2.45. The first kappa shape index (κ1) is 19.5. The maximum absolute atomic E-state index is 11.6. The van der Waals surface area contributed by atoms with E-state index in [4.69, 9.17) is 14.2 Å². The van der Waals surface area contributed by atoms with Crippen molar-refractivity contribution >= 4 is 5.97 Å². The lowest BCUT2D eigenvalue weighted by molar-refractivity contribution is -0.136. The molecule has 0 amide bonds. The van der Waals surface area contributed by atoms with Crippen LogP contribution < -0.4 is 0 Å². The van der Waals surface area contributed by atoms with Gasteiger partial charge in [0, 0.05) is 32.0 Å². The molecule has 1 aromatic carbocycles. The van der Waals surface area contributed by atoms with Crippen molar-refractivity contribution in [2.45, 2.75) is 44.9 Å². The lowest BCUT2D eigenvalue weighted by atomic mass is 9.95. The van der Waals surface area contributed by atoms with Crippen molar-refractivity contribution in [3.63, 3.8) is 0 Å². The summed E-state index contributed by atoms with van der Waals surface area (Å²) in [6, 6.07) is 10.5. The van der Waals surface area contributed by atoms with Gasteiger partial charge in [-0.1, -0.05) is 36.3 Å². The van der Waals surface area contributed by atoms with Crippen molar-refractivity contribution in [1.29, 1.82) is 0 Å². The molecule has 136 valence electrons. The van der Waals surface area contributed by atoms with Crippen molar-refractivity contribution in [2.24, 2.45) is 0 Å². The molecule has 3 unspecified atom stereocenters. The number of carbonyl (C=O) groups excluding carboxylic acids is 1. The Morgan fingerprint density at radius 3 is 2.80 bits per heavy atom. The summed E-state index contributed by atoms with van der Waals surface area (Å²) in [7, 11) is 1.62. The van der Waals surface area contributed by atoms with E-state index in [2.05, 4.69) is 35.8 Å². The Kier molecular flexibility index (Phi) is 7.93. The fourth-order valence-electron chi connectivity index (χ4n) is 3.10. The number of hydrogen-bond donors (Lipinski definition) is 0. The van der Waals surface area contributed by atoms with Gasteiger partial charge in [0.1, 0.15) is 6.79 Å². The van der Waals surface area contributed by atoms with Crippen LogP contribution in [0.2, 0.25) is 0 Å². The van der Waals surface area contributed by atoms with E-state index < -0.39 is 5.97 Å². The molecule has 3 atom stereocenters. The largest absolute Gasteiger partial charge is 0.456 e. The van der Waals surface area contributed by atoms with Gasteiger partial charge in [0.15, 0.2) is 0 Å². The third-order valence-corrected chi connectivity index (χ3v) is 4.41. The van der Waals surface area contributed by atoms with Gasteiger partial charge in [-0.2, -0.15) is 0 Å². The molecule has 0 spiro atoms. The fourth-order valence-corrected chi connectivity index (χ4v) is 3.10. The Morgan fingerprint density at radius 2 is 2.12 bits per heavy atom. The highest BCUT2D eigenvalue weighted by Crippen LogP contribution is 2.29. The standard InChI is InChI=1S/C20H27NO4/c1-4-24-20(22)11-10-18-14-19(25-15-23-3)12-13-21(18)16(2)17-8-6-5-7-9-17/h5-9,16,18-19H,4,12-15H2,1-3H3. The van der Waals surface area contributed by atoms with E-state index in [1.54, 1.807) is 14.0 Å². The molecule has 0 aromatic heterocycles. The minimum absolute atomic E-state index is 0.0600. The van der Waals surface area contributed by atoms with Gasteiger partial charge >= 0.3 is 5.97 Å². The van der Waals surface area contributed by atoms with Gasteiger partial charge in [-0.25, -0.2) is 4.79 Å². The summed E-state index contributed by atoms with van der Waals surface area (Å²) >= 11 is 0. The molecule has 0 N–H and O–H groups in total. The van der Waals surface area contributed by atoms with E-state index in [1.165, 1.54) is 5.56 Å². The highest BCUT2D eigenvalue weighted by molar-refractivity contribution is 5.88. The van der Waals surface area contributed by atoms with Gasteiger partial charge in [-0.3, -0.25) is 4.90 Å². The second-order valence-electron chi connectivity index (χ2n) is 6.05. The molecule has 1 aromatic rings. The van der Waals surface area contributed by atoms with E-state index in [0.29, 0.717) is 6.61 Å². The zero-order valence-electron chi connectivity index (χ0n) is 15.2. The predicted molar refractivity (Wildman–Crippen MR) is 95.7 cm³/mol. The summed E-state index contributed by atoms with van der Waals surface area (Å²) in [6.45, 7) is 5.41. The topological polar surface area (TPSA) is 48.0 Å². The number of nitrogens with zero attached hydrogens (tertiary/aromatic N) is 1. The predicted octanol–water partition coefficient (Wildman–Crippen LogP) is 2.77. The molecule has 5 heteroatoms. The lowest BCUT2D eigenvalue weighted by Gasteiger charge is -2.40. The Hall–Kier alpha value is -1.87. The number of ether oxygens (including phenoxy) is 3. The summed E-state index contributed by atoms with van der Waals surface area (Å²) in [5.74, 6) is 5.24. The number of methoxy groups -OCH3 is 1. The molecule has 0 saturated carbocycles. The van der Waals surface area contributed by atoms with Crippen molar-refractivity contribution < 1.29 is 19.0 Å². The first-order chi connectivity index (χ1) is 12.2. The molecule has 1 fully saturated rings. The molecule has 1 aliphatic rings. The van der Waals surface area contributed by atoms with E-state index in [9.17, 15) is 4.79 Å². The quantitative estimate of drug-likeness (QED) is 0.343. The third-order valence-electron chi connectivity index (χ3n) is 4.41. The second kappa shape index (κ2) is 10.2. The molecule has 1 aliphatic heterocycles. The number of benzene rings is 1. The minimum atomic E-state index is -0.477. The third kappa shape index (κ3) is 5.86. The van der Waals surface area contributed by atoms with Crippen molar-refractivity contribution in [2.75, 3.05) is 27.1 Å². The van der Waals surface area contributed by atoms with Crippen LogP contribution in [0.4, 0.5) is 0 Å². The van der Waals surface area contributed by atoms with Crippen LogP contribution >= 0.6 is 0 Å². The molecule has 1 heterocycles. The van der Waals surface area contributed by atoms with Crippen LogP contribution in [0.1, 0.15) is 38.3 Å².